The summed E-state index contributed by atoms with van der Waals surface area (Å²) in [4.78, 5) is 7.50. The van der Waals surface area contributed by atoms with Crippen molar-refractivity contribution in [2.24, 2.45) is 10.3 Å². The predicted octanol–water partition coefficient (Wildman–Crippen LogP) is 4.55. The van der Waals surface area contributed by atoms with E-state index in [4.69, 9.17) is 20.1 Å². The maximum atomic E-state index is 5.69. The van der Waals surface area contributed by atoms with Gasteiger partial charge in [0.05, 0.1) is 29.9 Å². The summed E-state index contributed by atoms with van der Waals surface area (Å²) in [6.07, 6.45) is 4.60. The van der Waals surface area contributed by atoms with Crippen molar-refractivity contribution >= 4 is 27.5 Å². The number of nitrogens with zero attached hydrogens (tertiary/aromatic N) is 5. The number of rotatable bonds is 2. The Morgan fingerprint density at radius 2 is 1.59 bits per heavy atom. The SMILES string of the molecule is c1ccc2c(N3N=NC4CCCCC43N3CCOCC3)c3ccccc3nc2c1. The minimum Gasteiger partial charge on any atom is -0.379 e. The molecule has 1 saturated carbocycles. The van der Waals surface area contributed by atoms with Crippen LogP contribution in [-0.4, -0.2) is 47.9 Å². The van der Waals surface area contributed by atoms with E-state index in [1.54, 1.807) is 0 Å². The van der Waals surface area contributed by atoms with Gasteiger partial charge in [-0.1, -0.05) is 48.0 Å². The van der Waals surface area contributed by atoms with Gasteiger partial charge in [-0.3, -0.25) is 4.90 Å². The van der Waals surface area contributed by atoms with E-state index in [1.165, 1.54) is 12.8 Å². The van der Waals surface area contributed by atoms with Gasteiger partial charge >= 0.3 is 0 Å². The van der Waals surface area contributed by atoms with Crippen LogP contribution in [0.15, 0.2) is 58.9 Å². The highest BCUT2D eigenvalue weighted by atomic mass is 16.5. The van der Waals surface area contributed by atoms with E-state index in [1.807, 2.05) is 0 Å². The van der Waals surface area contributed by atoms with Crippen molar-refractivity contribution in [3.8, 4) is 0 Å². The zero-order valence-corrected chi connectivity index (χ0v) is 16.5. The summed E-state index contributed by atoms with van der Waals surface area (Å²) in [5.74, 6) is 0. The lowest BCUT2D eigenvalue weighted by molar-refractivity contribution is -0.0387. The van der Waals surface area contributed by atoms with Crippen LogP contribution in [0.5, 0.6) is 0 Å². The molecule has 148 valence electrons. The highest BCUT2D eigenvalue weighted by Crippen LogP contribution is 2.48. The number of morpholine rings is 1. The molecule has 2 fully saturated rings. The molecule has 3 aromatic rings. The first-order valence-corrected chi connectivity index (χ1v) is 10.7. The number of benzene rings is 2. The van der Waals surface area contributed by atoms with E-state index in [-0.39, 0.29) is 11.7 Å². The van der Waals surface area contributed by atoms with Crippen molar-refractivity contribution in [3.63, 3.8) is 0 Å². The molecule has 6 heteroatoms. The molecule has 0 radical (unpaired) electrons. The second kappa shape index (κ2) is 6.75. The summed E-state index contributed by atoms with van der Waals surface area (Å²) in [6, 6.07) is 17.0. The normalized spacial score (nSPS) is 27.6. The fraction of sp³-hybridized carbons (Fsp3) is 0.435. The lowest BCUT2D eigenvalue weighted by Crippen LogP contribution is -2.66. The first-order valence-electron chi connectivity index (χ1n) is 10.7. The zero-order chi connectivity index (χ0) is 19.3. The number of anilines is 1. The molecule has 3 heterocycles. The van der Waals surface area contributed by atoms with Gasteiger partial charge in [-0.25, -0.2) is 9.99 Å². The second-order valence-corrected chi connectivity index (χ2v) is 8.25. The number of ether oxygens (including phenoxy) is 1. The minimum atomic E-state index is -0.199. The third-order valence-corrected chi connectivity index (χ3v) is 6.78. The van der Waals surface area contributed by atoms with Crippen LogP contribution >= 0.6 is 0 Å². The number of fused-ring (bicyclic) bond motifs is 3. The topological polar surface area (TPSA) is 53.3 Å². The van der Waals surface area contributed by atoms with Gasteiger partial charge in [-0.15, -0.1) is 0 Å². The maximum Gasteiger partial charge on any atom is 0.142 e. The third kappa shape index (κ3) is 2.52. The Morgan fingerprint density at radius 3 is 2.31 bits per heavy atom. The third-order valence-electron chi connectivity index (χ3n) is 6.78. The molecule has 2 unspecified atom stereocenters. The lowest BCUT2D eigenvalue weighted by atomic mass is 9.82. The molecule has 29 heavy (non-hydrogen) atoms. The minimum absolute atomic E-state index is 0.199. The highest BCUT2D eigenvalue weighted by molar-refractivity contribution is 6.08. The Bertz CT molecular complexity index is 1040. The maximum absolute atomic E-state index is 5.69. The number of hydrogen-bond acceptors (Lipinski definition) is 6. The van der Waals surface area contributed by atoms with Gasteiger partial charge in [0.2, 0.25) is 0 Å². The Balaban J connectivity index is 1.61. The molecule has 2 atom stereocenters. The standard InChI is InChI=1S/C23H25N5O/c1-3-9-19-17(7-1)22(18-8-2-4-10-20(18)24-19)28-23(27-13-15-29-16-14-27)12-6-5-11-21(23)25-26-28/h1-4,7-10,21H,5-6,11-16H2. The van der Waals surface area contributed by atoms with Crippen LogP contribution in [0.2, 0.25) is 0 Å². The number of para-hydroxylation sites is 2. The first kappa shape index (κ1) is 17.3. The van der Waals surface area contributed by atoms with E-state index in [0.717, 1.165) is 66.6 Å². The van der Waals surface area contributed by atoms with Crippen LogP contribution in [0.3, 0.4) is 0 Å². The summed E-state index contributed by atoms with van der Waals surface area (Å²) in [5.41, 5.74) is 2.96. The molecule has 6 nitrogen and oxygen atoms in total. The zero-order valence-electron chi connectivity index (χ0n) is 16.5. The summed E-state index contributed by atoms with van der Waals surface area (Å²) < 4.78 is 5.69. The largest absolute Gasteiger partial charge is 0.379 e. The molecule has 6 rings (SSSR count). The van der Waals surface area contributed by atoms with Crippen molar-refractivity contribution in [2.75, 3.05) is 31.3 Å². The van der Waals surface area contributed by atoms with Gasteiger partial charge in [0.1, 0.15) is 11.7 Å². The van der Waals surface area contributed by atoms with Crippen LogP contribution in [0.4, 0.5) is 5.69 Å². The highest BCUT2D eigenvalue weighted by Gasteiger charge is 2.55. The van der Waals surface area contributed by atoms with E-state index in [9.17, 15) is 0 Å². The molecular formula is C23H25N5O. The lowest BCUT2D eigenvalue weighted by Gasteiger charge is -2.51. The quantitative estimate of drug-likeness (QED) is 0.606. The molecular weight excluding hydrogens is 362 g/mol. The molecule has 1 saturated heterocycles. The van der Waals surface area contributed by atoms with Gasteiger partial charge in [0.15, 0.2) is 0 Å². The number of aromatic nitrogens is 1. The van der Waals surface area contributed by atoms with Gasteiger partial charge in [-0.05, 0) is 31.4 Å². The number of hydrogen-bond donors (Lipinski definition) is 0. The van der Waals surface area contributed by atoms with E-state index in [0.29, 0.717) is 0 Å². The summed E-state index contributed by atoms with van der Waals surface area (Å²) in [6.45, 7) is 3.41. The van der Waals surface area contributed by atoms with Crippen molar-refractivity contribution in [2.45, 2.75) is 37.4 Å². The number of pyridine rings is 1. The van der Waals surface area contributed by atoms with Crippen LogP contribution in [0.1, 0.15) is 25.7 Å². The molecule has 2 aliphatic heterocycles. The van der Waals surface area contributed by atoms with E-state index < -0.39 is 0 Å². The summed E-state index contributed by atoms with van der Waals surface area (Å²) in [7, 11) is 0. The van der Waals surface area contributed by atoms with Crippen LogP contribution in [0.25, 0.3) is 21.8 Å². The van der Waals surface area contributed by atoms with Crippen LogP contribution < -0.4 is 5.01 Å². The molecule has 1 aliphatic carbocycles. The second-order valence-electron chi connectivity index (χ2n) is 8.25. The van der Waals surface area contributed by atoms with E-state index >= 15 is 0 Å². The monoisotopic (exact) mass is 387 g/mol. The molecule has 3 aliphatic rings. The van der Waals surface area contributed by atoms with E-state index in [2.05, 4.69) is 58.4 Å². The molecule has 0 amide bonds. The van der Waals surface area contributed by atoms with Crippen molar-refractivity contribution in [1.82, 2.24) is 9.88 Å². The molecule has 2 aromatic carbocycles. The average Bonchev–Trinajstić information content (AvgIpc) is 3.18. The van der Waals surface area contributed by atoms with Crippen LogP contribution in [-0.2, 0) is 4.74 Å². The van der Waals surface area contributed by atoms with Gasteiger partial charge in [0, 0.05) is 23.9 Å². The Morgan fingerprint density at radius 1 is 0.897 bits per heavy atom. The van der Waals surface area contributed by atoms with Crippen LogP contribution in [0, 0.1) is 0 Å². The van der Waals surface area contributed by atoms with Crippen molar-refractivity contribution in [3.05, 3.63) is 48.5 Å². The van der Waals surface area contributed by atoms with Crippen molar-refractivity contribution in [1.29, 1.82) is 0 Å². The van der Waals surface area contributed by atoms with Crippen molar-refractivity contribution < 1.29 is 4.74 Å². The average molecular weight is 387 g/mol. The Labute approximate surface area is 170 Å². The van der Waals surface area contributed by atoms with Gasteiger partial charge in [-0.2, -0.15) is 5.11 Å². The first-order chi connectivity index (χ1) is 14.4. The summed E-state index contributed by atoms with van der Waals surface area (Å²) >= 11 is 0. The van der Waals surface area contributed by atoms with Gasteiger partial charge < -0.3 is 4.74 Å². The molecule has 1 aromatic heterocycles. The Hall–Kier alpha value is -2.57. The summed E-state index contributed by atoms with van der Waals surface area (Å²) in [5, 5.41) is 14.2. The predicted molar refractivity (Wildman–Crippen MR) is 114 cm³/mol. The Kier molecular flexibility index (Phi) is 4.03. The smallest absolute Gasteiger partial charge is 0.142 e. The molecule has 0 N–H and O–H groups in total. The van der Waals surface area contributed by atoms with Gasteiger partial charge in [0.25, 0.3) is 0 Å². The molecule has 0 bridgehead atoms. The fourth-order valence-corrected chi connectivity index (χ4v) is 5.45. The molecule has 0 spiro atoms. The fourth-order valence-electron chi connectivity index (χ4n) is 5.45.